The highest BCUT2D eigenvalue weighted by Gasteiger charge is 2.12. The third kappa shape index (κ3) is 4.51. The fourth-order valence-corrected chi connectivity index (χ4v) is 3.61. The van der Waals surface area contributed by atoms with Gasteiger partial charge < -0.3 is 10.1 Å². The van der Waals surface area contributed by atoms with Gasteiger partial charge >= 0.3 is 0 Å². The zero-order chi connectivity index (χ0) is 14.3. The SMILES string of the molecule is c1ccc(Oc2cccc(CNC3CCSCC3)c2)cc1. The Kier molecular flexibility index (Phi) is 5.19. The topological polar surface area (TPSA) is 21.3 Å². The molecule has 3 rings (SSSR count). The van der Waals surface area contributed by atoms with Crippen LogP contribution in [-0.4, -0.2) is 17.5 Å². The summed E-state index contributed by atoms with van der Waals surface area (Å²) in [4.78, 5) is 0. The highest BCUT2D eigenvalue weighted by atomic mass is 32.2. The molecule has 0 bridgehead atoms. The molecule has 1 N–H and O–H groups in total. The Morgan fingerprint density at radius 3 is 2.52 bits per heavy atom. The lowest BCUT2D eigenvalue weighted by atomic mass is 10.1. The molecule has 2 aromatic carbocycles. The van der Waals surface area contributed by atoms with Gasteiger partial charge in [0.05, 0.1) is 0 Å². The lowest BCUT2D eigenvalue weighted by molar-refractivity contribution is 0.472. The summed E-state index contributed by atoms with van der Waals surface area (Å²) in [6.07, 6.45) is 2.57. The first kappa shape index (κ1) is 14.5. The van der Waals surface area contributed by atoms with Crippen LogP contribution < -0.4 is 10.1 Å². The predicted molar refractivity (Wildman–Crippen MR) is 90.1 cm³/mol. The van der Waals surface area contributed by atoms with Gasteiger partial charge in [0.15, 0.2) is 0 Å². The maximum atomic E-state index is 5.88. The summed E-state index contributed by atoms with van der Waals surface area (Å²) in [5.41, 5.74) is 1.28. The molecule has 110 valence electrons. The molecule has 1 fully saturated rings. The monoisotopic (exact) mass is 299 g/mol. The summed E-state index contributed by atoms with van der Waals surface area (Å²) in [5.74, 6) is 4.36. The molecule has 3 heteroatoms. The van der Waals surface area contributed by atoms with Gasteiger partial charge in [-0.05, 0) is 54.2 Å². The van der Waals surface area contributed by atoms with E-state index in [1.165, 1.54) is 29.9 Å². The molecule has 21 heavy (non-hydrogen) atoms. The summed E-state index contributed by atoms with van der Waals surface area (Å²) < 4.78 is 5.88. The van der Waals surface area contributed by atoms with Gasteiger partial charge in [-0.3, -0.25) is 0 Å². The van der Waals surface area contributed by atoms with Gasteiger partial charge in [-0.15, -0.1) is 0 Å². The average molecular weight is 299 g/mol. The first-order valence-electron chi connectivity index (χ1n) is 7.53. The minimum atomic E-state index is 0.671. The lowest BCUT2D eigenvalue weighted by Crippen LogP contribution is -2.31. The molecule has 1 aliphatic rings. The van der Waals surface area contributed by atoms with Crippen LogP contribution >= 0.6 is 11.8 Å². The molecule has 0 saturated carbocycles. The Bertz CT molecular complexity index is 552. The van der Waals surface area contributed by atoms with E-state index in [2.05, 4.69) is 35.3 Å². The van der Waals surface area contributed by atoms with Gasteiger partial charge in [0.1, 0.15) is 11.5 Å². The summed E-state index contributed by atoms with van der Waals surface area (Å²) in [5, 5.41) is 3.66. The Labute approximate surface area is 130 Å². The first-order chi connectivity index (χ1) is 10.4. The van der Waals surface area contributed by atoms with Crippen molar-refractivity contribution in [3.63, 3.8) is 0 Å². The molecule has 0 aliphatic carbocycles. The number of benzene rings is 2. The van der Waals surface area contributed by atoms with E-state index in [1.54, 1.807) is 0 Å². The normalized spacial score (nSPS) is 15.8. The van der Waals surface area contributed by atoms with Crippen LogP contribution in [0.3, 0.4) is 0 Å². The van der Waals surface area contributed by atoms with E-state index in [9.17, 15) is 0 Å². The summed E-state index contributed by atoms with van der Waals surface area (Å²) in [7, 11) is 0. The molecule has 2 aromatic rings. The quantitative estimate of drug-likeness (QED) is 0.880. The summed E-state index contributed by atoms with van der Waals surface area (Å²) >= 11 is 2.06. The number of ether oxygens (including phenoxy) is 1. The first-order valence-corrected chi connectivity index (χ1v) is 8.68. The van der Waals surface area contributed by atoms with E-state index in [0.717, 1.165) is 18.0 Å². The van der Waals surface area contributed by atoms with Crippen LogP contribution in [0.15, 0.2) is 54.6 Å². The van der Waals surface area contributed by atoms with Crippen LogP contribution in [-0.2, 0) is 6.54 Å². The van der Waals surface area contributed by atoms with Crippen molar-refractivity contribution in [3.8, 4) is 11.5 Å². The van der Waals surface area contributed by atoms with E-state index < -0.39 is 0 Å². The fraction of sp³-hybridized carbons (Fsp3) is 0.333. The van der Waals surface area contributed by atoms with Crippen molar-refractivity contribution in [1.29, 1.82) is 0 Å². The number of hydrogen-bond acceptors (Lipinski definition) is 3. The van der Waals surface area contributed by atoms with E-state index in [1.807, 2.05) is 36.4 Å². The molecule has 1 saturated heterocycles. The van der Waals surface area contributed by atoms with Crippen LogP contribution in [0.5, 0.6) is 11.5 Å². The average Bonchev–Trinajstić information content (AvgIpc) is 2.55. The molecular weight excluding hydrogens is 278 g/mol. The van der Waals surface area contributed by atoms with Crippen molar-refractivity contribution in [3.05, 3.63) is 60.2 Å². The molecule has 0 spiro atoms. The van der Waals surface area contributed by atoms with Crippen LogP contribution in [0.2, 0.25) is 0 Å². The lowest BCUT2D eigenvalue weighted by Gasteiger charge is -2.22. The summed E-state index contributed by atoms with van der Waals surface area (Å²) in [6, 6.07) is 18.9. The minimum Gasteiger partial charge on any atom is -0.457 e. The number of hydrogen-bond donors (Lipinski definition) is 1. The minimum absolute atomic E-state index is 0.671. The zero-order valence-corrected chi connectivity index (χ0v) is 12.9. The number of thioether (sulfide) groups is 1. The van der Waals surface area contributed by atoms with Crippen molar-refractivity contribution in [2.45, 2.75) is 25.4 Å². The van der Waals surface area contributed by atoms with Crippen molar-refractivity contribution in [2.24, 2.45) is 0 Å². The van der Waals surface area contributed by atoms with Gasteiger partial charge in [-0.2, -0.15) is 11.8 Å². The molecule has 0 aromatic heterocycles. The van der Waals surface area contributed by atoms with Gasteiger partial charge in [-0.1, -0.05) is 30.3 Å². The van der Waals surface area contributed by atoms with Crippen molar-refractivity contribution in [2.75, 3.05) is 11.5 Å². The Morgan fingerprint density at radius 1 is 0.952 bits per heavy atom. The van der Waals surface area contributed by atoms with Crippen LogP contribution in [0, 0.1) is 0 Å². The largest absolute Gasteiger partial charge is 0.457 e. The highest BCUT2D eigenvalue weighted by molar-refractivity contribution is 7.99. The Morgan fingerprint density at radius 2 is 1.71 bits per heavy atom. The van der Waals surface area contributed by atoms with Gasteiger partial charge in [0, 0.05) is 12.6 Å². The molecular formula is C18H21NOS. The second kappa shape index (κ2) is 7.53. The van der Waals surface area contributed by atoms with E-state index in [4.69, 9.17) is 4.74 Å². The van der Waals surface area contributed by atoms with Gasteiger partial charge in [0.2, 0.25) is 0 Å². The van der Waals surface area contributed by atoms with E-state index in [-0.39, 0.29) is 0 Å². The predicted octanol–water partition coefficient (Wildman–Crippen LogP) is 4.46. The maximum Gasteiger partial charge on any atom is 0.127 e. The summed E-state index contributed by atoms with van der Waals surface area (Å²) in [6.45, 7) is 0.918. The van der Waals surface area contributed by atoms with Crippen molar-refractivity contribution >= 4 is 11.8 Å². The molecule has 1 aliphatic heterocycles. The molecule has 1 heterocycles. The number of nitrogens with one attached hydrogen (secondary N) is 1. The van der Waals surface area contributed by atoms with E-state index >= 15 is 0 Å². The molecule has 0 radical (unpaired) electrons. The molecule has 0 unspecified atom stereocenters. The van der Waals surface area contributed by atoms with Crippen molar-refractivity contribution < 1.29 is 4.74 Å². The molecule has 0 amide bonds. The third-order valence-corrected chi connectivity index (χ3v) is 4.74. The maximum absolute atomic E-state index is 5.88. The van der Waals surface area contributed by atoms with Crippen LogP contribution in [0.1, 0.15) is 18.4 Å². The van der Waals surface area contributed by atoms with Crippen molar-refractivity contribution in [1.82, 2.24) is 5.32 Å². The van der Waals surface area contributed by atoms with Crippen LogP contribution in [0.25, 0.3) is 0 Å². The van der Waals surface area contributed by atoms with Gasteiger partial charge in [0.25, 0.3) is 0 Å². The standard InChI is InChI=1S/C18H21NOS/c1-2-6-17(7-3-1)20-18-8-4-5-15(13-18)14-19-16-9-11-21-12-10-16/h1-8,13,16,19H,9-12,14H2. The third-order valence-electron chi connectivity index (χ3n) is 3.69. The number of rotatable bonds is 5. The van der Waals surface area contributed by atoms with Gasteiger partial charge in [-0.25, -0.2) is 0 Å². The molecule has 0 atom stereocenters. The Hall–Kier alpha value is -1.45. The number of para-hydroxylation sites is 1. The second-order valence-electron chi connectivity index (χ2n) is 5.33. The Balaban J connectivity index is 1.57. The highest BCUT2D eigenvalue weighted by Crippen LogP contribution is 2.22. The molecule has 2 nitrogen and oxygen atoms in total. The zero-order valence-electron chi connectivity index (χ0n) is 12.1. The fourth-order valence-electron chi connectivity index (χ4n) is 2.51. The smallest absolute Gasteiger partial charge is 0.127 e. The van der Waals surface area contributed by atoms with Crippen LogP contribution in [0.4, 0.5) is 0 Å². The van der Waals surface area contributed by atoms with E-state index in [0.29, 0.717) is 6.04 Å². The second-order valence-corrected chi connectivity index (χ2v) is 6.55.